The minimum Gasteiger partial charge on any atom is -0.247 e. The molecule has 0 spiro atoms. The number of rotatable bonds is 3. The van der Waals surface area contributed by atoms with Crippen LogP contribution in [-0.4, -0.2) is 13.7 Å². The lowest BCUT2D eigenvalue weighted by Crippen LogP contribution is -2.50. The van der Waals surface area contributed by atoms with Gasteiger partial charge < -0.3 is 0 Å². The number of hydrogen-bond donors (Lipinski definition) is 0. The highest BCUT2D eigenvalue weighted by Gasteiger charge is 2.10. The maximum atomic E-state index is 11.9. The van der Waals surface area contributed by atoms with E-state index in [4.69, 9.17) is 0 Å². The lowest BCUT2D eigenvalue weighted by Gasteiger charge is -2.05. The molecule has 0 aliphatic carbocycles. The lowest BCUT2D eigenvalue weighted by atomic mass is 10.6. The van der Waals surface area contributed by atoms with Crippen molar-refractivity contribution in [2.75, 3.05) is 0 Å². The van der Waals surface area contributed by atoms with Gasteiger partial charge in [0.25, 0.3) is 0 Å². The SMILES string of the molecule is C/C=C\n1c(=O)n(/C=C\C)c(=O)n(/C=C\C)c1=O. The first kappa shape index (κ1) is 13.7. The lowest BCUT2D eigenvalue weighted by molar-refractivity contribution is 0.708. The predicted molar refractivity (Wildman–Crippen MR) is 72.2 cm³/mol. The normalized spacial score (nSPS) is 12.2. The third-order valence-electron chi connectivity index (χ3n) is 2.13. The summed E-state index contributed by atoms with van der Waals surface area (Å²) in [6, 6.07) is 0. The van der Waals surface area contributed by atoms with E-state index in [9.17, 15) is 14.4 Å². The van der Waals surface area contributed by atoms with E-state index < -0.39 is 17.1 Å². The number of nitrogens with zero attached hydrogens (tertiary/aromatic N) is 3. The predicted octanol–water partition coefficient (Wildman–Crippen LogP) is 0.643. The molecule has 0 amide bonds. The van der Waals surface area contributed by atoms with E-state index in [1.807, 2.05) is 0 Å². The second kappa shape index (κ2) is 5.81. The highest BCUT2D eigenvalue weighted by atomic mass is 16.2. The fraction of sp³-hybridized carbons (Fsp3) is 0.250. The molecule has 1 rings (SSSR count). The Morgan fingerprint density at radius 3 is 1.00 bits per heavy atom. The molecule has 0 fully saturated rings. The summed E-state index contributed by atoms with van der Waals surface area (Å²) in [5.74, 6) is 0. The van der Waals surface area contributed by atoms with E-state index in [1.54, 1.807) is 39.0 Å². The summed E-state index contributed by atoms with van der Waals surface area (Å²) < 4.78 is 2.63. The molecule has 1 heterocycles. The van der Waals surface area contributed by atoms with Crippen molar-refractivity contribution in [2.45, 2.75) is 20.8 Å². The van der Waals surface area contributed by atoms with Gasteiger partial charge in [0.15, 0.2) is 0 Å². The fourth-order valence-electron chi connectivity index (χ4n) is 1.42. The standard InChI is InChI=1S/C12H15N3O3/c1-4-7-13-10(16)14(8-5-2)12(18)15(9-6-3)11(13)17/h4-9H,1-3H3/b7-4-,8-5-,9-6-. The molecule has 0 bridgehead atoms. The molecule has 6 nitrogen and oxygen atoms in total. The third kappa shape index (κ3) is 2.32. The van der Waals surface area contributed by atoms with Crippen LogP contribution in [0.25, 0.3) is 18.6 Å². The Bertz CT molecular complexity index is 558. The summed E-state index contributed by atoms with van der Waals surface area (Å²) in [6.45, 7) is 5.03. The summed E-state index contributed by atoms with van der Waals surface area (Å²) in [4.78, 5) is 35.8. The van der Waals surface area contributed by atoms with Gasteiger partial charge in [-0.1, -0.05) is 18.2 Å². The van der Waals surface area contributed by atoms with Crippen molar-refractivity contribution >= 4 is 18.6 Å². The van der Waals surface area contributed by atoms with Crippen LogP contribution < -0.4 is 17.1 Å². The Morgan fingerprint density at radius 1 is 0.611 bits per heavy atom. The van der Waals surface area contributed by atoms with E-state index in [1.165, 1.54) is 18.6 Å². The second-order valence-corrected chi connectivity index (χ2v) is 3.40. The second-order valence-electron chi connectivity index (χ2n) is 3.40. The highest BCUT2D eigenvalue weighted by molar-refractivity contribution is 5.28. The van der Waals surface area contributed by atoms with Gasteiger partial charge in [-0.15, -0.1) is 0 Å². The number of aromatic nitrogens is 3. The smallest absolute Gasteiger partial charge is 0.247 e. The fourth-order valence-corrected chi connectivity index (χ4v) is 1.42. The van der Waals surface area contributed by atoms with Crippen LogP contribution in [0, 0.1) is 0 Å². The summed E-state index contributed by atoms with van der Waals surface area (Å²) in [7, 11) is 0. The summed E-state index contributed by atoms with van der Waals surface area (Å²) >= 11 is 0. The molecule has 0 N–H and O–H groups in total. The average molecular weight is 249 g/mol. The van der Waals surface area contributed by atoms with Crippen molar-refractivity contribution in [3.05, 3.63) is 49.7 Å². The molecule has 0 saturated carbocycles. The van der Waals surface area contributed by atoms with Crippen molar-refractivity contribution in [1.29, 1.82) is 0 Å². The van der Waals surface area contributed by atoms with Crippen LogP contribution >= 0.6 is 0 Å². The van der Waals surface area contributed by atoms with E-state index in [-0.39, 0.29) is 0 Å². The zero-order valence-corrected chi connectivity index (χ0v) is 10.5. The molecule has 6 heteroatoms. The van der Waals surface area contributed by atoms with Gasteiger partial charge >= 0.3 is 17.1 Å². The Balaban J connectivity index is 3.94. The molecular weight excluding hydrogens is 234 g/mol. The molecule has 1 aromatic rings. The van der Waals surface area contributed by atoms with Crippen molar-refractivity contribution < 1.29 is 0 Å². The van der Waals surface area contributed by atoms with Crippen molar-refractivity contribution in [3.63, 3.8) is 0 Å². The van der Waals surface area contributed by atoms with Gasteiger partial charge in [0, 0.05) is 18.6 Å². The Morgan fingerprint density at radius 2 is 0.833 bits per heavy atom. The van der Waals surface area contributed by atoms with Gasteiger partial charge in [-0.3, -0.25) is 0 Å². The topological polar surface area (TPSA) is 66.0 Å². The van der Waals surface area contributed by atoms with Crippen LogP contribution in [0.4, 0.5) is 0 Å². The zero-order valence-electron chi connectivity index (χ0n) is 10.5. The maximum absolute atomic E-state index is 11.9. The molecule has 0 unspecified atom stereocenters. The van der Waals surface area contributed by atoms with Crippen molar-refractivity contribution in [1.82, 2.24) is 13.7 Å². The van der Waals surface area contributed by atoms with Crippen molar-refractivity contribution in [3.8, 4) is 0 Å². The number of allylic oxidation sites excluding steroid dienone is 3. The molecule has 0 aromatic carbocycles. The Hall–Kier alpha value is -2.37. The molecule has 18 heavy (non-hydrogen) atoms. The van der Waals surface area contributed by atoms with Crippen LogP contribution in [0.1, 0.15) is 20.8 Å². The average Bonchev–Trinajstić information content (AvgIpc) is 2.35. The Kier molecular flexibility index (Phi) is 4.42. The number of hydrogen-bond acceptors (Lipinski definition) is 3. The minimum atomic E-state index is -0.693. The first-order chi connectivity index (χ1) is 8.58. The van der Waals surface area contributed by atoms with Gasteiger partial charge in [-0.05, 0) is 20.8 Å². The molecular formula is C12H15N3O3. The molecule has 0 atom stereocenters. The van der Waals surface area contributed by atoms with Crippen LogP contribution in [0.5, 0.6) is 0 Å². The molecule has 0 aliphatic rings. The van der Waals surface area contributed by atoms with E-state index in [2.05, 4.69) is 0 Å². The quantitative estimate of drug-likeness (QED) is 0.789. The highest BCUT2D eigenvalue weighted by Crippen LogP contribution is 1.81. The van der Waals surface area contributed by atoms with Gasteiger partial charge in [-0.2, -0.15) is 0 Å². The largest absolute Gasteiger partial charge is 0.344 e. The molecule has 96 valence electrons. The van der Waals surface area contributed by atoms with E-state index >= 15 is 0 Å². The van der Waals surface area contributed by atoms with Gasteiger partial charge in [0.2, 0.25) is 0 Å². The molecule has 1 aromatic heterocycles. The molecule has 0 radical (unpaired) electrons. The van der Waals surface area contributed by atoms with Crippen LogP contribution in [0.2, 0.25) is 0 Å². The van der Waals surface area contributed by atoms with Crippen molar-refractivity contribution in [2.24, 2.45) is 0 Å². The maximum Gasteiger partial charge on any atom is 0.344 e. The molecule has 0 saturated heterocycles. The monoisotopic (exact) mass is 249 g/mol. The van der Waals surface area contributed by atoms with Crippen LogP contribution in [0.3, 0.4) is 0 Å². The minimum absolute atomic E-state index is 0.693. The summed E-state index contributed by atoms with van der Waals surface area (Å²) in [5.41, 5.74) is -2.08. The van der Waals surface area contributed by atoms with Gasteiger partial charge in [0.1, 0.15) is 0 Å². The summed E-state index contributed by atoms with van der Waals surface area (Å²) in [6.07, 6.45) is 8.62. The summed E-state index contributed by atoms with van der Waals surface area (Å²) in [5, 5.41) is 0. The molecule has 0 aliphatic heterocycles. The Labute approximate surface area is 103 Å². The zero-order chi connectivity index (χ0) is 13.7. The van der Waals surface area contributed by atoms with Crippen LogP contribution in [0.15, 0.2) is 32.6 Å². The van der Waals surface area contributed by atoms with Gasteiger partial charge in [-0.25, -0.2) is 28.1 Å². The first-order valence-electron chi connectivity index (χ1n) is 5.46. The third-order valence-corrected chi connectivity index (χ3v) is 2.13. The van der Waals surface area contributed by atoms with E-state index in [0.29, 0.717) is 0 Å². The van der Waals surface area contributed by atoms with Gasteiger partial charge in [0.05, 0.1) is 0 Å². The van der Waals surface area contributed by atoms with E-state index in [0.717, 1.165) is 13.7 Å². The van der Waals surface area contributed by atoms with Crippen LogP contribution in [-0.2, 0) is 0 Å². The first-order valence-corrected chi connectivity index (χ1v) is 5.46.